The van der Waals surface area contributed by atoms with Gasteiger partial charge in [0.15, 0.2) is 6.29 Å². The van der Waals surface area contributed by atoms with Gasteiger partial charge in [-0.3, -0.25) is 0 Å². The molecule has 1 rings (SSSR count). The Bertz CT molecular complexity index is 174. The van der Waals surface area contributed by atoms with Crippen molar-refractivity contribution in [3.05, 3.63) is 0 Å². The number of hydrogen-bond acceptors (Lipinski definition) is 2. The number of hydrogen-bond donors (Lipinski definition) is 0. The summed E-state index contributed by atoms with van der Waals surface area (Å²) >= 11 is 0. The van der Waals surface area contributed by atoms with E-state index in [4.69, 9.17) is 9.47 Å². The minimum Gasteiger partial charge on any atom is -0.353 e. The molecule has 2 unspecified atom stereocenters. The molecule has 1 aliphatic rings. The Hall–Kier alpha value is -0.0800. The molecule has 0 saturated carbocycles. The summed E-state index contributed by atoms with van der Waals surface area (Å²) in [6, 6.07) is 0. The first-order valence-corrected chi connectivity index (χ1v) is 7.41. The Labute approximate surface area is 107 Å². The van der Waals surface area contributed by atoms with Gasteiger partial charge in [0.25, 0.3) is 0 Å². The molecule has 1 aliphatic heterocycles. The fraction of sp³-hybridized carbons (Fsp3) is 1.00. The van der Waals surface area contributed by atoms with Crippen LogP contribution in [0.25, 0.3) is 0 Å². The maximum Gasteiger partial charge on any atom is 0.157 e. The molecule has 1 heterocycles. The standard InChI is InChI=1S/C15H30O2/c1-13(2)7-6-8-14(3)10-12-17-15-9-4-5-11-16-15/h13-15H,4-12H2,1-3H3. The molecular formula is C15H30O2. The van der Waals surface area contributed by atoms with Gasteiger partial charge in [0.1, 0.15) is 0 Å². The predicted octanol–water partition coefficient (Wildman–Crippen LogP) is 4.38. The van der Waals surface area contributed by atoms with Crippen LogP contribution in [0, 0.1) is 11.8 Å². The lowest BCUT2D eigenvalue weighted by Gasteiger charge is -2.23. The zero-order valence-corrected chi connectivity index (χ0v) is 11.9. The van der Waals surface area contributed by atoms with Crippen molar-refractivity contribution < 1.29 is 9.47 Å². The van der Waals surface area contributed by atoms with Crippen LogP contribution >= 0.6 is 0 Å². The summed E-state index contributed by atoms with van der Waals surface area (Å²) in [5.74, 6) is 1.63. The Kier molecular flexibility index (Phi) is 7.87. The molecular weight excluding hydrogens is 212 g/mol. The first-order chi connectivity index (χ1) is 8.18. The Morgan fingerprint density at radius 2 is 1.94 bits per heavy atom. The van der Waals surface area contributed by atoms with Crippen LogP contribution in [0.1, 0.15) is 65.7 Å². The van der Waals surface area contributed by atoms with Crippen LogP contribution in [-0.4, -0.2) is 19.5 Å². The topological polar surface area (TPSA) is 18.5 Å². The quantitative estimate of drug-likeness (QED) is 0.629. The van der Waals surface area contributed by atoms with Crippen LogP contribution in [0.15, 0.2) is 0 Å². The highest BCUT2D eigenvalue weighted by atomic mass is 16.7. The second-order valence-electron chi connectivity index (χ2n) is 5.89. The second kappa shape index (κ2) is 8.93. The maximum absolute atomic E-state index is 5.76. The third-order valence-corrected chi connectivity index (χ3v) is 3.53. The highest BCUT2D eigenvalue weighted by Crippen LogP contribution is 2.17. The highest BCUT2D eigenvalue weighted by Gasteiger charge is 2.14. The molecule has 0 amide bonds. The monoisotopic (exact) mass is 242 g/mol. The van der Waals surface area contributed by atoms with Crippen molar-refractivity contribution in [1.29, 1.82) is 0 Å². The van der Waals surface area contributed by atoms with E-state index < -0.39 is 0 Å². The summed E-state index contributed by atoms with van der Waals surface area (Å²) in [6.45, 7) is 8.69. The molecule has 2 nitrogen and oxygen atoms in total. The third-order valence-electron chi connectivity index (χ3n) is 3.53. The zero-order chi connectivity index (χ0) is 12.5. The fourth-order valence-corrected chi connectivity index (χ4v) is 2.26. The second-order valence-corrected chi connectivity index (χ2v) is 5.89. The van der Waals surface area contributed by atoms with E-state index in [2.05, 4.69) is 20.8 Å². The van der Waals surface area contributed by atoms with Gasteiger partial charge in [-0.2, -0.15) is 0 Å². The SMILES string of the molecule is CC(C)CCCC(C)CCOC1CCCCO1. The molecule has 1 saturated heterocycles. The molecule has 2 heteroatoms. The Balaban J connectivity index is 1.93. The van der Waals surface area contributed by atoms with Gasteiger partial charge in [-0.1, -0.05) is 40.0 Å². The summed E-state index contributed by atoms with van der Waals surface area (Å²) in [4.78, 5) is 0. The molecule has 0 aromatic heterocycles. The third kappa shape index (κ3) is 7.77. The summed E-state index contributed by atoms with van der Waals surface area (Å²) in [5, 5.41) is 0. The van der Waals surface area contributed by atoms with E-state index in [0.29, 0.717) is 0 Å². The minimum atomic E-state index is 0.0895. The van der Waals surface area contributed by atoms with E-state index in [9.17, 15) is 0 Å². The molecule has 0 spiro atoms. The van der Waals surface area contributed by atoms with E-state index in [1.807, 2.05) is 0 Å². The van der Waals surface area contributed by atoms with Gasteiger partial charge >= 0.3 is 0 Å². The molecule has 0 radical (unpaired) electrons. The Morgan fingerprint density at radius 3 is 2.59 bits per heavy atom. The first kappa shape index (κ1) is 15.0. The van der Waals surface area contributed by atoms with Crippen LogP contribution in [0.3, 0.4) is 0 Å². The lowest BCUT2D eigenvalue weighted by molar-refractivity contribution is -0.164. The minimum absolute atomic E-state index is 0.0895. The van der Waals surface area contributed by atoms with Gasteiger partial charge in [0.05, 0.1) is 0 Å². The van der Waals surface area contributed by atoms with Crippen molar-refractivity contribution >= 4 is 0 Å². The van der Waals surface area contributed by atoms with Crippen molar-refractivity contribution in [3.8, 4) is 0 Å². The predicted molar refractivity (Wildman–Crippen MR) is 72.0 cm³/mol. The summed E-state index contributed by atoms with van der Waals surface area (Å²) < 4.78 is 11.3. The lowest BCUT2D eigenvalue weighted by atomic mass is 9.98. The molecule has 0 aliphatic carbocycles. The molecule has 2 atom stereocenters. The maximum atomic E-state index is 5.76. The van der Waals surface area contributed by atoms with Crippen LogP contribution < -0.4 is 0 Å². The summed E-state index contributed by atoms with van der Waals surface area (Å²) in [6.07, 6.45) is 8.87. The van der Waals surface area contributed by atoms with E-state index in [1.165, 1.54) is 38.5 Å². The van der Waals surface area contributed by atoms with E-state index in [-0.39, 0.29) is 6.29 Å². The summed E-state index contributed by atoms with van der Waals surface area (Å²) in [7, 11) is 0. The van der Waals surface area contributed by atoms with Crippen molar-refractivity contribution in [2.24, 2.45) is 11.8 Å². The molecule has 0 aromatic rings. The van der Waals surface area contributed by atoms with Gasteiger partial charge in [0, 0.05) is 13.2 Å². The van der Waals surface area contributed by atoms with E-state index in [1.54, 1.807) is 0 Å². The van der Waals surface area contributed by atoms with Crippen molar-refractivity contribution in [2.75, 3.05) is 13.2 Å². The first-order valence-electron chi connectivity index (χ1n) is 7.41. The molecule has 1 fully saturated rings. The van der Waals surface area contributed by atoms with Crippen LogP contribution in [-0.2, 0) is 9.47 Å². The summed E-state index contributed by atoms with van der Waals surface area (Å²) in [5.41, 5.74) is 0. The largest absolute Gasteiger partial charge is 0.353 e. The molecule has 0 bridgehead atoms. The van der Waals surface area contributed by atoms with E-state index in [0.717, 1.165) is 31.5 Å². The Morgan fingerprint density at radius 1 is 1.12 bits per heavy atom. The molecule has 0 aromatic carbocycles. The van der Waals surface area contributed by atoms with Gasteiger partial charge in [-0.05, 0) is 37.5 Å². The normalized spacial score (nSPS) is 22.9. The highest BCUT2D eigenvalue weighted by molar-refractivity contribution is 4.57. The zero-order valence-electron chi connectivity index (χ0n) is 11.9. The lowest BCUT2D eigenvalue weighted by Crippen LogP contribution is -2.23. The van der Waals surface area contributed by atoms with Crippen molar-refractivity contribution in [1.82, 2.24) is 0 Å². The molecule has 0 N–H and O–H groups in total. The van der Waals surface area contributed by atoms with E-state index >= 15 is 0 Å². The average Bonchev–Trinajstić information content (AvgIpc) is 2.30. The van der Waals surface area contributed by atoms with Crippen molar-refractivity contribution in [2.45, 2.75) is 72.0 Å². The smallest absolute Gasteiger partial charge is 0.157 e. The number of rotatable bonds is 8. The average molecular weight is 242 g/mol. The number of ether oxygens (including phenoxy) is 2. The van der Waals surface area contributed by atoms with Crippen molar-refractivity contribution in [3.63, 3.8) is 0 Å². The molecule has 102 valence electrons. The van der Waals surface area contributed by atoms with Crippen LogP contribution in [0.2, 0.25) is 0 Å². The van der Waals surface area contributed by atoms with Gasteiger partial charge in [-0.25, -0.2) is 0 Å². The van der Waals surface area contributed by atoms with Gasteiger partial charge in [0.2, 0.25) is 0 Å². The fourth-order valence-electron chi connectivity index (χ4n) is 2.26. The van der Waals surface area contributed by atoms with Crippen LogP contribution in [0.4, 0.5) is 0 Å². The van der Waals surface area contributed by atoms with Crippen LogP contribution in [0.5, 0.6) is 0 Å². The van der Waals surface area contributed by atoms with Gasteiger partial charge in [-0.15, -0.1) is 0 Å². The van der Waals surface area contributed by atoms with Gasteiger partial charge < -0.3 is 9.47 Å². The molecule has 17 heavy (non-hydrogen) atoms.